The molecule has 0 bridgehead atoms. The maximum atomic E-state index is 11.7. The van der Waals surface area contributed by atoms with E-state index in [1.807, 2.05) is 0 Å². The predicted molar refractivity (Wildman–Crippen MR) is 112 cm³/mol. The molecule has 2 N–H and O–H groups in total. The van der Waals surface area contributed by atoms with Gasteiger partial charge in [-0.15, -0.1) is 0 Å². The molecule has 0 unspecified atom stereocenters. The van der Waals surface area contributed by atoms with Crippen molar-refractivity contribution in [1.82, 2.24) is 10.9 Å². The van der Waals surface area contributed by atoms with Crippen LogP contribution in [0.15, 0.2) is 52.6 Å². The SMILES string of the molecule is O=C(CCCCCCC(=O)N/N=C/c1ccc(Br)o1)N/N=C/c1ccc(Br)o1. The first-order valence-corrected chi connectivity index (χ1v) is 10.3. The predicted octanol–water partition coefficient (Wildman–Crippen LogP) is 4.34. The average Bonchev–Trinajstić information content (AvgIpc) is 3.26. The molecule has 0 atom stereocenters. The van der Waals surface area contributed by atoms with Crippen molar-refractivity contribution in [3.63, 3.8) is 0 Å². The Morgan fingerprint density at radius 1 is 0.786 bits per heavy atom. The summed E-state index contributed by atoms with van der Waals surface area (Å²) in [5.74, 6) is 0.788. The Labute approximate surface area is 179 Å². The van der Waals surface area contributed by atoms with Crippen molar-refractivity contribution >= 4 is 56.1 Å². The number of nitrogens with one attached hydrogen (secondary N) is 2. The van der Waals surface area contributed by atoms with Gasteiger partial charge < -0.3 is 8.83 Å². The van der Waals surface area contributed by atoms with E-state index in [0.29, 0.717) is 33.7 Å². The van der Waals surface area contributed by atoms with Crippen LogP contribution in [0.25, 0.3) is 0 Å². The minimum atomic E-state index is -0.154. The Morgan fingerprint density at radius 2 is 1.21 bits per heavy atom. The summed E-state index contributed by atoms with van der Waals surface area (Å²) in [5.41, 5.74) is 4.90. The maximum absolute atomic E-state index is 11.7. The molecule has 10 heteroatoms. The number of carbonyl (C=O) groups excluding carboxylic acids is 2. The zero-order valence-corrected chi connectivity index (χ0v) is 18.2. The topological polar surface area (TPSA) is 109 Å². The minimum Gasteiger partial charge on any atom is -0.448 e. The van der Waals surface area contributed by atoms with Gasteiger partial charge in [0.1, 0.15) is 11.5 Å². The molecule has 0 radical (unpaired) electrons. The largest absolute Gasteiger partial charge is 0.448 e. The molecule has 0 aromatic carbocycles. The molecule has 150 valence electrons. The van der Waals surface area contributed by atoms with Gasteiger partial charge in [0, 0.05) is 12.8 Å². The number of hydrogen-bond acceptors (Lipinski definition) is 6. The van der Waals surface area contributed by atoms with Crippen LogP contribution in [0, 0.1) is 0 Å². The Hall–Kier alpha value is -2.20. The molecule has 0 fully saturated rings. The number of rotatable bonds is 11. The summed E-state index contributed by atoms with van der Waals surface area (Å²) in [6.45, 7) is 0. The number of amides is 2. The number of halogens is 2. The monoisotopic (exact) mass is 514 g/mol. The van der Waals surface area contributed by atoms with Gasteiger partial charge in [0.25, 0.3) is 0 Å². The molecule has 2 aromatic rings. The highest BCUT2D eigenvalue weighted by molar-refractivity contribution is 9.10. The third-order valence-electron chi connectivity index (χ3n) is 3.51. The number of unbranched alkanes of at least 4 members (excludes halogenated alkanes) is 3. The van der Waals surface area contributed by atoms with Crippen LogP contribution in [0.4, 0.5) is 0 Å². The van der Waals surface area contributed by atoms with E-state index in [1.165, 1.54) is 12.4 Å². The number of hydrazone groups is 2. The fourth-order valence-electron chi connectivity index (χ4n) is 2.17. The lowest BCUT2D eigenvalue weighted by Gasteiger charge is -2.01. The van der Waals surface area contributed by atoms with Gasteiger partial charge in [-0.3, -0.25) is 9.59 Å². The summed E-state index contributed by atoms with van der Waals surface area (Å²) in [5, 5.41) is 7.66. The third kappa shape index (κ3) is 9.14. The summed E-state index contributed by atoms with van der Waals surface area (Å²) in [7, 11) is 0. The van der Waals surface area contributed by atoms with Gasteiger partial charge in [-0.25, -0.2) is 10.9 Å². The number of hydrogen-bond donors (Lipinski definition) is 2. The van der Waals surface area contributed by atoms with Gasteiger partial charge in [-0.05, 0) is 69.0 Å². The Balaban J connectivity index is 1.47. The highest BCUT2D eigenvalue weighted by Crippen LogP contribution is 2.12. The average molecular weight is 516 g/mol. The molecular formula is C18H20Br2N4O4. The van der Waals surface area contributed by atoms with Crippen LogP contribution in [0.1, 0.15) is 50.0 Å². The first-order valence-electron chi connectivity index (χ1n) is 8.67. The van der Waals surface area contributed by atoms with Crippen LogP contribution >= 0.6 is 31.9 Å². The van der Waals surface area contributed by atoms with E-state index >= 15 is 0 Å². The van der Waals surface area contributed by atoms with Crippen LogP contribution in [0.5, 0.6) is 0 Å². The molecule has 28 heavy (non-hydrogen) atoms. The molecule has 0 spiro atoms. The second-order valence-electron chi connectivity index (χ2n) is 5.78. The molecule has 0 aliphatic heterocycles. The molecule has 0 aliphatic rings. The number of furan rings is 2. The summed E-state index contributed by atoms with van der Waals surface area (Å²) < 4.78 is 11.7. The molecule has 8 nitrogen and oxygen atoms in total. The van der Waals surface area contributed by atoms with Crippen LogP contribution < -0.4 is 10.9 Å². The smallest absolute Gasteiger partial charge is 0.240 e. The van der Waals surface area contributed by atoms with Crippen LogP contribution in [0.2, 0.25) is 0 Å². The zero-order valence-electron chi connectivity index (χ0n) is 15.0. The zero-order chi connectivity index (χ0) is 20.2. The van der Waals surface area contributed by atoms with Crippen molar-refractivity contribution in [1.29, 1.82) is 0 Å². The third-order valence-corrected chi connectivity index (χ3v) is 4.36. The standard InChI is InChI=1S/C18H20Br2N4O4/c19-15-9-7-13(27-15)11-21-23-17(25)5-3-1-2-4-6-18(26)24-22-12-14-8-10-16(20)28-14/h7-12H,1-6H2,(H,23,25)(H,24,26)/b21-11+,22-12+. The molecule has 2 heterocycles. The normalized spacial score (nSPS) is 11.4. The fraction of sp³-hybridized carbons (Fsp3) is 0.333. The summed E-state index contributed by atoms with van der Waals surface area (Å²) in [6.07, 6.45) is 6.84. The van der Waals surface area contributed by atoms with E-state index in [-0.39, 0.29) is 11.8 Å². The minimum absolute atomic E-state index is 0.154. The lowest BCUT2D eigenvalue weighted by atomic mass is 10.1. The van der Waals surface area contributed by atoms with Crippen molar-refractivity contribution in [3.8, 4) is 0 Å². The molecular weight excluding hydrogens is 496 g/mol. The summed E-state index contributed by atoms with van der Waals surface area (Å²) in [4.78, 5) is 23.3. The summed E-state index contributed by atoms with van der Waals surface area (Å²) >= 11 is 6.37. The number of nitrogens with zero attached hydrogens (tertiary/aromatic N) is 2. The Bertz CT molecular complexity index is 761. The molecule has 2 aromatic heterocycles. The fourth-order valence-corrected chi connectivity index (χ4v) is 2.81. The van der Waals surface area contributed by atoms with E-state index in [2.05, 4.69) is 52.9 Å². The van der Waals surface area contributed by atoms with Gasteiger partial charge in [-0.2, -0.15) is 10.2 Å². The van der Waals surface area contributed by atoms with E-state index in [1.54, 1.807) is 24.3 Å². The van der Waals surface area contributed by atoms with E-state index < -0.39 is 0 Å². The van der Waals surface area contributed by atoms with E-state index in [0.717, 1.165) is 25.7 Å². The highest BCUT2D eigenvalue weighted by atomic mass is 79.9. The molecule has 0 aliphatic carbocycles. The van der Waals surface area contributed by atoms with Crippen LogP contribution in [-0.2, 0) is 9.59 Å². The van der Waals surface area contributed by atoms with Crippen molar-refractivity contribution in [2.45, 2.75) is 38.5 Å². The van der Waals surface area contributed by atoms with Gasteiger partial charge in [-0.1, -0.05) is 12.8 Å². The first-order chi connectivity index (χ1) is 13.5. The lowest BCUT2D eigenvalue weighted by Crippen LogP contribution is -2.17. The highest BCUT2D eigenvalue weighted by Gasteiger charge is 2.02. The Morgan fingerprint density at radius 3 is 1.57 bits per heavy atom. The molecule has 0 saturated heterocycles. The van der Waals surface area contributed by atoms with Crippen molar-refractivity contribution in [2.75, 3.05) is 0 Å². The van der Waals surface area contributed by atoms with Crippen molar-refractivity contribution in [3.05, 3.63) is 45.1 Å². The van der Waals surface area contributed by atoms with Crippen LogP contribution in [-0.4, -0.2) is 24.2 Å². The van der Waals surface area contributed by atoms with Gasteiger partial charge in [0.15, 0.2) is 9.34 Å². The van der Waals surface area contributed by atoms with E-state index in [4.69, 9.17) is 8.83 Å². The molecule has 0 saturated carbocycles. The van der Waals surface area contributed by atoms with Gasteiger partial charge in [0.2, 0.25) is 11.8 Å². The van der Waals surface area contributed by atoms with Crippen molar-refractivity contribution in [2.24, 2.45) is 10.2 Å². The second-order valence-corrected chi connectivity index (χ2v) is 7.35. The number of carbonyl (C=O) groups is 2. The quantitative estimate of drug-likeness (QED) is 0.263. The van der Waals surface area contributed by atoms with E-state index in [9.17, 15) is 9.59 Å². The molecule has 2 rings (SSSR count). The lowest BCUT2D eigenvalue weighted by molar-refractivity contribution is -0.122. The first kappa shape index (κ1) is 22.1. The summed E-state index contributed by atoms with van der Waals surface area (Å²) in [6, 6.07) is 6.95. The van der Waals surface area contributed by atoms with Gasteiger partial charge >= 0.3 is 0 Å². The molecule has 2 amide bonds. The van der Waals surface area contributed by atoms with Gasteiger partial charge in [0.05, 0.1) is 12.4 Å². The van der Waals surface area contributed by atoms with Crippen molar-refractivity contribution < 1.29 is 18.4 Å². The van der Waals surface area contributed by atoms with Crippen LogP contribution in [0.3, 0.4) is 0 Å². The Kier molecular flexibility index (Phi) is 9.70. The second kappa shape index (κ2) is 12.3. The maximum Gasteiger partial charge on any atom is 0.240 e.